The first-order valence-corrected chi connectivity index (χ1v) is 9.36. The number of nitrogens with zero attached hydrogens (tertiary/aromatic N) is 3. The Bertz CT molecular complexity index is 591. The number of guanidine groups is 1. The van der Waals surface area contributed by atoms with Crippen molar-refractivity contribution in [3.63, 3.8) is 0 Å². The predicted molar refractivity (Wildman–Crippen MR) is 107 cm³/mol. The van der Waals surface area contributed by atoms with Gasteiger partial charge in [0.1, 0.15) is 0 Å². The van der Waals surface area contributed by atoms with E-state index in [4.69, 9.17) is 4.74 Å². The second-order valence-electron chi connectivity index (χ2n) is 6.95. The largest absolute Gasteiger partial charge is 0.469 e. The Morgan fingerprint density at radius 3 is 2.69 bits per heavy atom. The first-order chi connectivity index (χ1) is 12.6. The zero-order valence-electron chi connectivity index (χ0n) is 16.4. The van der Waals surface area contributed by atoms with Crippen molar-refractivity contribution in [2.75, 3.05) is 52.3 Å². The van der Waals surface area contributed by atoms with Crippen LogP contribution in [0.5, 0.6) is 0 Å². The molecule has 2 unspecified atom stereocenters. The molecule has 144 valence electrons. The number of rotatable bonds is 7. The average molecular weight is 361 g/mol. The van der Waals surface area contributed by atoms with Crippen molar-refractivity contribution in [3.8, 4) is 0 Å². The molecule has 1 aromatic carbocycles. The molecule has 1 aliphatic rings. The number of esters is 1. The van der Waals surface area contributed by atoms with Crippen molar-refractivity contribution in [1.82, 2.24) is 10.2 Å². The summed E-state index contributed by atoms with van der Waals surface area (Å²) in [6, 6.07) is 10.4. The van der Waals surface area contributed by atoms with Gasteiger partial charge >= 0.3 is 5.97 Å². The molecule has 0 amide bonds. The third-order valence-corrected chi connectivity index (χ3v) is 5.03. The number of para-hydroxylation sites is 1. The van der Waals surface area contributed by atoms with Crippen LogP contribution in [0, 0.1) is 11.8 Å². The molecule has 6 heteroatoms. The molecule has 0 spiro atoms. The van der Waals surface area contributed by atoms with Crippen molar-refractivity contribution >= 4 is 17.6 Å². The van der Waals surface area contributed by atoms with Crippen LogP contribution >= 0.6 is 0 Å². The monoisotopic (exact) mass is 360 g/mol. The quantitative estimate of drug-likeness (QED) is 0.350. The summed E-state index contributed by atoms with van der Waals surface area (Å²) in [7, 11) is 5.37. The zero-order valence-corrected chi connectivity index (χ0v) is 16.4. The van der Waals surface area contributed by atoms with Crippen LogP contribution in [-0.4, -0.2) is 64.2 Å². The maximum atomic E-state index is 11.8. The molecule has 2 atom stereocenters. The predicted octanol–water partition coefficient (Wildman–Crippen LogP) is 2.22. The molecule has 2 rings (SSSR count). The summed E-state index contributed by atoms with van der Waals surface area (Å²) < 4.78 is 4.91. The number of carbonyl (C=O) groups is 1. The lowest BCUT2D eigenvalue weighted by Crippen LogP contribution is -2.41. The Balaban J connectivity index is 1.70. The highest BCUT2D eigenvalue weighted by molar-refractivity contribution is 5.82. The highest BCUT2D eigenvalue weighted by Crippen LogP contribution is 2.24. The van der Waals surface area contributed by atoms with Crippen LogP contribution in [0.15, 0.2) is 35.3 Å². The maximum absolute atomic E-state index is 11.8. The van der Waals surface area contributed by atoms with E-state index in [-0.39, 0.29) is 17.8 Å². The summed E-state index contributed by atoms with van der Waals surface area (Å²) in [5.74, 6) is 0.956. The second kappa shape index (κ2) is 10.0. The molecule has 0 bridgehead atoms. The number of hydrogen-bond acceptors (Lipinski definition) is 4. The van der Waals surface area contributed by atoms with E-state index in [1.54, 1.807) is 7.05 Å². The smallest absolute Gasteiger partial charge is 0.310 e. The standard InChI is InChI=1S/C20H32N4O2/c1-16-14-24(15-18(16)19(25)26-4)20(21-2)22-12-8-9-13-23(3)17-10-6-5-7-11-17/h5-7,10-11,16,18H,8-9,12-15H2,1-4H3,(H,21,22). The van der Waals surface area contributed by atoms with Crippen molar-refractivity contribution in [3.05, 3.63) is 30.3 Å². The number of anilines is 1. The molecule has 0 radical (unpaired) electrons. The molecular formula is C20H32N4O2. The van der Waals surface area contributed by atoms with E-state index in [1.807, 2.05) is 6.07 Å². The number of benzene rings is 1. The lowest BCUT2D eigenvalue weighted by atomic mass is 9.99. The van der Waals surface area contributed by atoms with Crippen LogP contribution in [0.1, 0.15) is 19.8 Å². The Hall–Kier alpha value is -2.24. The summed E-state index contributed by atoms with van der Waals surface area (Å²) in [5.41, 5.74) is 1.25. The molecule has 0 aliphatic carbocycles. The number of likely N-dealkylation sites (tertiary alicyclic amines) is 1. The van der Waals surface area contributed by atoms with Gasteiger partial charge in [-0.05, 0) is 30.9 Å². The van der Waals surface area contributed by atoms with Gasteiger partial charge in [0.05, 0.1) is 13.0 Å². The summed E-state index contributed by atoms with van der Waals surface area (Å²) in [6.45, 7) is 5.49. The Morgan fingerprint density at radius 1 is 1.31 bits per heavy atom. The van der Waals surface area contributed by atoms with Crippen LogP contribution < -0.4 is 10.2 Å². The van der Waals surface area contributed by atoms with Crippen molar-refractivity contribution in [1.29, 1.82) is 0 Å². The van der Waals surface area contributed by atoms with Crippen LogP contribution in [0.3, 0.4) is 0 Å². The molecule has 1 heterocycles. The normalized spacial score (nSPS) is 20.2. The lowest BCUT2D eigenvalue weighted by Gasteiger charge is -2.22. The van der Waals surface area contributed by atoms with Gasteiger partial charge < -0.3 is 19.9 Å². The zero-order chi connectivity index (χ0) is 18.9. The summed E-state index contributed by atoms with van der Waals surface area (Å²) >= 11 is 0. The van der Waals surface area contributed by atoms with Gasteiger partial charge in [0.2, 0.25) is 0 Å². The second-order valence-corrected chi connectivity index (χ2v) is 6.95. The molecule has 6 nitrogen and oxygen atoms in total. The molecular weight excluding hydrogens is 328 g/mol. The molecule has 26 heavy (non-hydrogen) atoms. The van der Waals surface area contributed by atoms with E-state index in [2.05, 4.69) is 58.3 Å². The Kier molecular flexibility index (Phi) is 7.75. The average Bonchev–Trinajstić information content (AvgIpc) is 3.06. The number of methoxy groups -OCH3 is 1. The van der Waals surface area contributed by atoms with Gasteiger partial charge in [-0.25, -0.2) is 0 Å². The minimum Gasteiger partial charge on any atom is -0.469 e. The molecule has 1 aromatic rings. The van der Waals surface area contributed by atoms with Crippen molar-refractivity contribution in [2.24, 2.45) is 16.8 Å². The number of aliphatic imine (C=N–C) groups is 1. The molecule has 1 N–H and O–H groups in total. The van der Waals surface area contributed by atoms with Gasteiger partial charge in [0.15, 0.2) is 5.96 Å². The summed E-state index contributed by atoms with van der Waals surface area (Å²) in [4.78, 5) is 20.7. The number of hydrogen-bond donors (Lipinski definition) is 1. The highest BCUT2D eigenvalue weighted by Gasteiger charge is 2.36. The van der Waals surface area contributed by atoms with Crippen LogP contribution in [0.2, 0.25) is 0 Å². The van der Waals surface area contributed by atoms with Crippen LogP contribution in [0.4, 0.5) is 5.69 Å². The van der Waals surface area contributed by atoms with E-state index in [1.165, 1.54) is 12.8 Å². The van der Waals surface area contributed by atoms with Crippen molar-refractivity contribution < 1.29 is 9.53 Å². The Labute approximate surface area is 157 Å². The number of ether oxygens (including phenoxy) is 1. The topological polar surface area (TPSA) is 57.2 Å². The first-order valence-electron chi connectivity index (χ1n) is 9.36. The van der Waals surface area contributed by atoms with E-state index >= 15 is 0 Å². The van der Waals surface area contributed by atoms with E-state index < -0.39 is 0 Å². The molecule has 0 aromatic heterocycles. The van der Waals surface area contributed by atoms with Crippen LogP contribution in [-0.2, 0) is 9.53 Å². The summed E-state index contributed by atoms with van der Waals surface area (Å²) in [5, 5.41) is 3.43. The summed E-state index contributed by atoms with van der Waals surface area (Å²) in [6.07, 6.45) is 2.18. The number of carbonyl (C=O) groups excluding carboxylic acids is 1. The van der Waals surface area contributed by atoms with Crippen LogP contribution in [0.25, 0.3) is 0 Å². The number of nitrogens with one attached hydrogen (secondary N) is 1. The lowest BCUT2D eigenvalue weighted by molar-refractivity contribution is -0.145. The fourth-order valence-electron chi connectivity index (χ4n) is 3.42. The maximum Gasteiger partial charge on any atom is 0.310 e. The van der Waals surface area contributed by atoms with Gasteiger partial charge in [-0.15, -0.1) is 0 Å². The van der Waals surface area contributed by atoms with Gasteiger partial charge in [0.25, 0.3) is 0 Å². The van der Waals surface area contributed by atoms with Gasteiger partial charge in [0, 0.05) is 46.0 Å². The third kappa shape index (κ3) is 5.38. The van der Waals surface area contributed by atoms with Crippen molar-refractivity contribution in [2.45, 2.75) is 19.8 Å². The fourth-order valence-corrected chi connectivity index (χ4v) is 3.42. The molecule has 1 saturated heterocycles. The fraction of sp³-hybridized carbons (Fsp3) is 0.600. The van der Waals surface area contributed by atoms with E-state index in [0.29, 0.717) is 6.54 Å². The van der Waals surface area contributed by atoms with E-state index in [9.17, 15) is 4.79 Å². The minimum absolute atomic E-state index is 0.0712. The third-order valence-electron chi connectivity index (χ3n) is 5.03. The molecule has 0 saturated carbocycles. The number of unbranched alkanes of at least 4 members (excludes halogenated alkanes) is 1. The SMILES string of the molecule is CN=C(NCCCCN(C)c1ccccc1)N1CC(C)C(C(=O)OC)C1. The molecule has 1 aliphatic heterocycles. The van der Waals surface area contributed by atoms with Gasteiger partial charge in [-0.3, -0.25) is 9.79 Å². The first kappa shape index (κ1) is 20.1. The van der Waals surface area contributed by atoms with E-state index in [0.717, 1.165) is 38.4 Å². The molecule has 1 fully saturated rings. The Morgan fingerprint density at radius 2 is 2.04 bits per heavy atom. The van der Waals surface area contributed by atoms with Gasteiger partial charge in [-0.2, -0.15) is 0 Å². The minimum atomic E-state index is -0.126. The van der Waals surface area contributed by atoms with Gasteiger partial charge in [-0.1, -0.05) is 25.1 Å². The highest BCUT2D eigenvalue weighted by atomic mass is 16.5.